The van der Waals surface area contributed by atoms with Crippen LogP contribution in [0.5, 0.6) is 0 Å². The summed E-state index contributed by atoms with van der Waals surface area (Å²) in [6, 6.07) is 3.68. The molecule has 0 aliphatic heterocycles. The van der Waals surface area contributed by atoms with Gasteiger partial charge in [-0.05, 0) is 32.0 Å². The zero-order chi connectivity index (χ0) is 14.3. The minimum absolute atomic E-state index is 0.237. The summed E-state index contributed by atoms with van der Waals surface area (Å²) in [5.41, 5.74) is -0.650. The molecule has 0 bridgehead atoms. The van der Waals surface area contributed by atoms with Crippen LogP contribution in [0.25, 0.3) is 0 Å². The number of methoxy groups -OCH3 is 1. The van der Waals surface area contributed by atoms with Crippen molar-refractivity contribution in [2.45, 2.75) is 30.8 Å². The molecule has 0 aromatic carbocycles. The lowest BCUT2D eigenvalue weighted by atomic mass is 9.99. The van der Waals surface area contributed by atoms with Gasteiger partial charge in [0.1, 0.15) is 5.54 Å². The number of hydrogen-bond acceptors (Lipinski definition) is 5. The Morgan fingerprint density at radius 1 is 1.58 bits per heavy atom. The number of halogens is 1. The highest BCUT2D eigenvalue weighted by molar-refractivity contribution is 7.99. The normalized spacial score (nSPS) is 13.9. The van der Waals surface area contributed by atoms with Crippen LogP contribution in [-0.2, 0) is 9.53 Å². The lowest BCUT2D eigenvalue weighted by molar-refractivity contribution is -0.147. The van der Waals surface area contributed by atoms with Gasteiger partial charge in [0.15, 0.2) is 0 Å². The van der Waals surface area contributed by atoms with E-state index in [4.69, 9.17) is 16.3 Å². The Morgan fingerprint density at radius 2 is 2.32 bits per heavy atom. The second-order valence-electron chi connectivity index (χ2n) is 4.27. The molecule has 1 atom stereocenters. The first-order valence-electron chi connectivity index (χ1n) is 6.09. The first-order chi connectivity index (χ1) is 9.01. The van der Waals surface area contributed by atoms with Crippen molar-refractivity contribution < 1.29 is 9.53 Å². The fourth-order valence-electron chi connectivity index (χ4n) is 1.69. The number of esters is 1. The van der Waals surface area contributed by atoms with E-state index in [0.717, 1.165) is 17.3 Å². The Hall–Kier alpha value is -0.780. The second-order valence-corrected chi connectivity index (χ2v) is 5.82. The van der Waals surface area contributed by atoms with Crippen molar-refractivity contribution in [3.05, 3.63) is 23.4 Å². The van der Waals surface area contributed by atoms with E-state index in [9.17, 15) is 4.79 Å². The SMILES string of the molecule is CCNC(C)(CCSc1ccc(Cl)cn1)C(=O)OC. The topological polar surface area (TPSA) is 51.2 Å². The average Bonchev–Trinajstić information content (AvgIpc) is 2.40. The van der Waals surface area contributed by atoms with E-state index in [0.29, 0.717) is 11.4 Å². The molecular formula is C13H19ClN2O2S. The Kier molecular flexibility index (Phi) is 6.62. The van der Waals surface area contributed by atoms with Gasteiger partial charge in [-0.1, -0.05) is 18.5 Å². The molecule has 1 rings (SSSR count). The molecule has 1 aromatic heterocycles. The number of aromatic nitrogens is 1. The molecule has 0 saturated heterocycles. The van der Waals surface area contributed by atoms with Crippen molar-refractivity contribution in [1.82, 2.24) is 10.3 Å². The van der Waals surface area contributed by atoms with Gasteiger partial charge in [-0.25, -0.2) is 4.98 Å². The molecule has 1 heterocycles. The summed E-state index contributed by atoms with van der Waals surface area (Å²) in [4.78, 5) is 16.0. The third-order valence-electron chi connectivity index (χ3n) is 2.76. The zero-order valence-corrected chi connectivity index (χ0v) is 13.0. The monoisotopic (exact) mass is 302 g/mol. The minimum Gasteiger partial charge on any atom is -0.468 e. The highest BCUT2D eigenvalue weighted by Gasteiger charge is 2.32. The van der Waals surface area contributed by atoms with Crippen molar-refractivity contribution in [3.63, 3.8) is 0 Å². The smallest absolute Gasteiger partial charge is 0.325 e. The third-order valence-corrected chi connectivity index (χ3v) is 3.92. The average molecular weight is 303 g/mol. The standard InChI is InChI=1S/C13H19ClN2O2S/c1-4-16-13(2,12(17)18-3)7-8-19-11-6-5-10(14)9-15-11/h5-6,9,16H,4,7-8H2,1-3H3. The number of pyridine rings is 1. The Morgan fingerprint density at radius 3 is 2.84 bits per heavy atom. The molecule has 1 unspecified atom stereocenters. The van der Waals surface area contributed by atoms with Crippen LogP contribution < -0.4 is 5.32 Å². The van der Waals surface area contributed by atoms with Crippen molar-refractivity contribution in [2.24, 2.45) is 0 Å². The minimum atomic E-state index is -0.650. The molecule has 106 valence electrons. The van der Waals surface area contributed by atoms with Crippen molar-refractivity contribution >= 4 is 29.3 Å². The van der Waals surface area contributed by atoms with Gasteiger partial charge in [0.05, 0.1) is 17.2 Å². The summed E-state index contributed by atoms with van der Waals surface area (Å²) in [6.45, 7) is 4.54. The van der Waals surface area contributed by atoms with E-state index < -0.39 is 5.54 Å². The molecule has 1 aromatic rings. The van der Waals surface area contributed by atoms with Gasteiger partial charge in [-0.15, -0.1) is 11.8 Å². The number of nitrogens with zero attached hydrogens (tertiary/aromatic N) is 1. The van der Waals surface area contributed by atoms with Gasteiger partial charge in [-0.3, -0.25) is 4.79 Å². The number of nitrogens with one attached hydrogen (secondary N) is 1. The van der Waals surface area contributed by atoms with Crippen molar-refractivity contribution in [2.75, 3.05) is 19.4 Å². The fraction of sp³-hybridized carbons (Fsp3) is 0.538. The van der Waals surface area contributed by atoms with E-state index in [1.54, 1.807) is 24.0 Å². The molecular weight excluding hydrogens is 284 g/mol. The summed E-state index contributed by atoms with van der Waals surface area (Å²) in [5, 5.41) is 4.69. The molecule has 0 spiro atoms. The molecule has 1 N–H and O–H groups in total. The Labute approximate surface area is 123 Å². The molecule has 0 aliphatic rings. The number of carbonyl (C=O) groups is 1. The molecule has 0 amide bonds. The number of carbonyl (C=O) groups excluding carboxylic acids is 1. The Bertz CT molecular complexity index is 414. The largest absolute Gasteiger partial charge is 0.468 e. The maximum absolute atomic E-state index is 11.8. The lowest BCUT2D eigenvalue weighted by Crippen LogP contribution is -2.50. The van der Waals surface area contributed by atoms with Crippen LogP contribution in [0, 0.1) is 0 Å². The van der Waals surface area contributed by atoms with Gasteiger partial charge in [0.2, 0.25) is 0 Å². The Balaban J connectivity index is 2.52. The van der Waals surface area contributed by atoms with Crippen LogP contribution in [0.3, 0.4) is 0 Å². The summed E-state index contributed by atoms with van der Waals surface area (Å²) in [6.07, 6.45) is 2.29. The predicted octanol–water partition coefficient (Wildman–Crippen LogP) is 2.76. The van der Waals surface area contributed by atoms with Crippen molar-refractivity contribution in [1.29, 1.82) is 0 Å². The number of likely N-dealkylation sites (N-methyl/N-ethyl adjacent to an activating group) is 1. The number of hydrogen-bond donors (Lipinski definition) is 1. The lowest BCUT2D eigenvalue weighted by Gasteiger charge is -2.27. The second kappa shape index (κ2) is 7.72. The first-order valence-corrected chi connectivity index (χ1v) is 7.46. The highest BCUT2D eigenvalue weighted by Crippen LogP contribution is 2.22. The summed E-state index contributed by atoms with van der Waals surface area (Å²) in [5.74, 6) is 0.534. The molecule has 19 heavy (non-hydrogen) atoms. The van der Waals surface area contributed by atoms with E-state index in [2.05, 4.69) is 10.3 Å². The molecule has 0 fully saturated rings. The van der Waals surface area contributed by atoms with E-state index in [1.807, 2.05) is 19.9 Å². The molecule has 0 radical (unpaired) electrons. The van der Waals surface area contributed by atoms with Gasteiger partial charge in [0, 0.05) is 11.9 Å². The quantitative estimate of drug-likeness (QED) is 0.620. The third kappa shape index (κ3) is 5.01. The van der Waals surface area contributed by atoms with Crippen LogP contribution in [0.4, 0.5) is 0 Å². The zero-order valence-electron chi connectivity index (χ0n) is 11.4. The maximum atomic E-state index is 11.8. The predicted molar refractivity (Wildman–Crippen MR) is 78.7 cm³/mol. The molecule has 0 saturated carbocycles. The highest BCUT2D eigenvalue weighted by atomic mass is 35.5. The molecule has 6 heteroatoms. The summed E-state index contributed by atoms with van der Waals surface area (Å²) in [7, 11) is 1.41. The van der Waals surface area contributed by atoms with Gasteiger partial charge in [0.25, 0.3) is 0 Å². The fourth-order valence-corrected chi connectivity index (χ4v) is 2.81. The van der Waals surface area contributed by atoms with Crippen LogP contribution in [0.2, 0.25) is 5.02 Å². The van der Waals surface area contributed by atoms with Gasteiger partial charge < -0.3 is 10.1 Å². The maximum Gasteiger partial charge on any atom is 0.325 e. The van der Waals surface area contributed by atoms with Crippen LogP contribution >= 0.6 is 23.4 Å². The van der Waals surface area contributed by atoms with E-state index in [1.165, 1.54) is 7.11 Å². The first kappa shape index (κ1) is 16.3. The number of thioether (sulfide) groups is 1. The van der Waals surface area contributed by atoms with Gasteiger partial charge >= 0.3 is 5.97 Å². The van der Waals surface area contributed by atoms with E-state index >= 15 is 0 Å². The van der Waals surface area contributed by atoms with E-state index in [-0.39, 0.29) is 5.97 Å². The number of rotatable bonds is 7. The van der Waals surface area contributed by atoms with Gasteiger partial charge in [-0.2, -0.15) is 0 Å². The van der Waals surface area contributed by atoms with Crippen LogP contribution in [-0.4, -0.2) is 35.9 Å². The molecule has 4 nitrogen and oxygen atoms in total. The molecule has 0 aliphatic carbocycles. The van der Waals surface area contributed by atoms with Crippen LogP contribution in [0.1, 0.15) is 20.3 Å². The van der Waals surface area contributed by atoms with Crippen molar-refractivity contribution in [3.8, 4) is 0 Å². The van der Waals surface area contributed by atoms with Crippen LogP contribution in [0.15, 0.2) is 23.4 Å². The number of ether oxygens (including phenoxy) is 1. The summed E-state index contributed by atoms with van der Waals surface area (Å²) >= 11 is 7.37. The summed E-state index contributed by atoms with van der Waals surface area (Å²) < 4.78 is 4.84.